The van der Waals surface area contributed by atoms with E-state index in [1.54, 1.807) is 12.2 Å². The molecule has 0 heterocycles. The Labute approximate surface area is 140 Å². The van der Waals surface area contributed by atoms with Crippen LogP contribution in [-0.2, 0) is 9.59 Å². The summed E-state index contributed by atoms with van der Waals surface area (Å²) in [6.45, 7) is 15.8. The first-order valence-corrected chi connectivity index (χ1v) is 8.90. The lowest BCUT2D eigenvalue weighted by molar-refractivity contribution is -0.118. The van der Waals surface area contributed by atoms with Gasteiger partial charge in [-0.3, -0.25) is 9.59 Å². The second-order valence-electron chi connectivity index (χ2n) is 4.07. The maximum Gasteiger partial charge on any atom is 0.155 e. The van der Waals surface area contributed by atoms with E-state index in [2.05, 4.69) is 6.92 Å². The van der Waals surface area contributed by atoms with Crippen LogP contribution in [0.4, 0.5) is 0 Å². The highest BCUT2D eigenvalue weighted by Crippen LogP contribution is 1.95. The van der Waals surface area contributed by atoms with E-state index in [0.717, 1.165) is 19.3 Å². The van der Waals surface area contributed by atoms with Crippen LogP contribution < -0.4 is 0 Å². The fourth-order valence-corrected chi connectivity index (χ4v) is 1.21. The largest absolute Gasteiger partial charge is 0.300 e. The quantitative estimate of drug-likeness (QED) is 0.369. The molecule has 0 saturated carbocycles. The van der Waals surface area contributed by atoms with Crippen molar-refractivity contribution in [1.29, 1.82) is 0 Å². The van der Waals surface area contributed by atoms with Gasteiger partial charge < -0.3 is 0 Å². The van der Waals surface area contributed by atoms with Crippen LogP contribution in [0.25, 0.3) is 0 Å². The minimum absolute atomic E-state index is 0.249. The minimum atomic E-state index is 0.249. The Morgan fingerprint density at radius 1 is 0.864 bits per heavy atom. The van der Waals surface area contributed by atoms with Crippen molar-refractivity contribution < 1.29 is 9.59 Å². The molecule has 0 radical (unpaired) electrons. The Kier molecular flexibility index (Phi) is 42.0. The third kappa shape index (κ3) is 36.4. The molecule has 0 atom stereocenters. The molecule has 0 aliphatic carbocycles. The van der Waals surface area contributed by atoms with E-state index in [4.69, 9.17) is 0 Å². The lowest BCUT2D eigenvalue weighted by Gasteiger charge is -1.89. The Bertz CT molecular complexity index is 263. The van der Waals surface area contributed by atoms with Gasteiger partial charge in [0.05, 0.1) is 0 Å². The van der Waals surface area contributed by atoms with Gasteiger partial charge in [0.15, 0.2) is 5.78 Å². The zero-order valence-corrected chi connectivity index (χ0v) is 16.4. The fraction of sp³-hybridized carbons (Fsp3) is 0.700. The van der Waals surface area contributed by atoms with E-state index < -0.39 is 0 Å². The number of allylic oxidation sites excluding steroid dienone is 4. The van der Waals surface area contributed by atoms with Crippen LogP contribution in [0.2, 0.25) is 0 Å². The van der Waals surface area contributed by atoms with Crippen LogP contribution in [0.5, 0.6) is 0 Å². The van der Waals surface area contributed by atoms with Crippen LogP contribution in [0.1, 0.15) is 93.9 Å². The summed E-state index contributed by atoms with van der Waals surface area (Å²) < 4.78 is 0. The molecule has 132 valence electrons. The molecule has 2 heteroatoms. The van der Waals surface area contributed by atoms with Crippen LogP contribution in [-0.4, -0.2) is 11.6 Å². The van der Waals surface area contributed by atoms with Crippen molar-refractivity contribution in [3.05, 3.63) is 24.3 Å². The average molecular weight is 313 g/mol. The zero-order valence-electron chi connectivity index (χ0n) is 16.4. The van der Waals surface area contributed by atoms with Gasteiger partial charge >= 0.3 is 0 Å². The van der Waals surface area contributed by atoms with E-state index in [9.17, 15) is 9.59 Å². The summed E-state index contributed by atoms with van der Waals surface area (Å²) in [5.74, 6) is 0.604. The molecule has 0 aliphatic heterocycles. The molecular formula is C20H40O2. The van der Waals surface area contributed by atoms with Gasteiger partial charge in [-0.05, 0) is 32.8 Å². The monoisotopic (exact) mass is 312 g/mol. The predicted molar refractivity (Wildman–Crippen MR) is 101 cm³/mol. The first-order chi connectivity index (χ1) is 10.6. The highest BCUT2D eigenvalue weighted by atomic mass is 16.1. The summed E-state index contributed by atoms with van der Waals surface area (Å²) in [6.07, 6.45) is 12.5. The molecule has 0 aromatic carbocycles. The number of carbonyl (C=O) groups is 2. The normalized spacial score (nSPS) is 9.09. The van der Waals surface area contributed by atoms with Gasteiger partial charge in [0.1, 0.15) is 5.78 Å². The number of ketones is 2. The Morgan fingerprint density at radius 3 is 1.77 bits per heavy atom. The Morgan fingerprint density at radius 2 is 1.41 bits per heavy atom. The minimum Gasteiger partial charge on any atom is -0.300 e. The van der Waals surface area contributed by atoms with Crippen LogP contribution in [0, 0.1) is 0 Å². The maximum atomic E-state index is 10.7. The van der Waals surface area contributed by atoms with Crippen LogP contribution in [0.3, 0.4) is 0 Å². The molecule has 0 spiro atoms. The number of rotatable bonds is 8. The molecule has 22 heavy (non-hydrogen) atoms. The molecule has 0 aromatic heterocycles. The molecule has 0 aliphatic rings. The highest BCUT2D eigenvalue weighted by molar-refractivity contribution is 5.89. The summed E-state index contributed by atoms with van der Waals surface area (Å²) >= 11 is 0. The molecule has 0 rings (SSSR count). The van der Waals surface area contributed by atoms with Gasteiger partial charge in [-0.1, -0.05) is 66.2 Å². The average Bonchev–Trinajstić information content (AvgIpc) is 2.57. The molecule has 0 fully saturated rings. The smallest absolute Gasteiger partial charge is 0.155 e. The van der Waals surface area contributed by atoms with Crippen molar-refractivity contribution in [2.24, 2.45) is 0 Å². The molecule has 0 bridgehead atoms. The number of hydrogen-bond donors (Lipinski definition) is 0. The summed E-state index contributed by atoms with van der Waals surface area (Å²) in [6, 6.07) is 0. The van der Waals surface area contributed by atoms with Crippen molar-refractivity contribution in [2.45, 2.75) is 93.9 Å². The first-order valence-electron chi connectivity index (χ1n) is 8.90. The van der Waals surface area contributed by atoms with E-state index in [-0.39, 0.29) is 5.78 Å². The van der Waals surface area contributed by atoms with Gasteiger partial charge in [-0.2, -0.15) is 0 Å². The van der Waals surface area contributed by atoms with E-state index in [0.29, 0.717) is 25.0 Å². The van der Waals surface area contributed by atoms with E-state index in [1.807, 2.05) is 60.6 Å². The SMILES string of the molecule is C/C=C/C(=O)CCCC.C/C=C/CCC(=O)CC.CC.CC. The standard InChI is InChI=1S/2C8H14O.2C2H6/c1-3-5-6-7-8(9)4-2;1-3-5-7-8(9)6-4-2;2*1-2/h3,5H,4,6-7H2,1-2H3;4,6H,3,5,7H2,1-2H3;2*1-2H3/b5-3+;6-4+;;. The zero-order chi connectivity index (χ0) is 18.2. The molecular weight excluding hydrogens is 272 g/mol. The van der Waals surface area contributed by atoms with Crippen molar-refractivity contribution in [2.75, 3.05) is 0 Å². The number of Topliss-reactive ketones (excluding diaryl/α,β-unsaturated/α-hetero) is 1. The third-order valence-corrected chi connectivity index (χ3v) is 2.35. The number of hydrogen-bond acceptors (Lipinski definition) is 2. The van der Waals surface area contributed by atoms with Crippen molar-refractivity contribution in [3.8, 4) is 0 Å². The molecule has 0 unspecified atom stereocenters. The Balaban J connectivity index is -0.000000120. The molecule has 2 nitrogen and oxygen atoms in total. The fourth-order valence-electron chi connectivity index (χ4n) is 1.21. The lowest BCUT2D eigenvalue weighted by atomic mass is 10.2. The van der Waals surface area contributed by atoms with Gasteiger partial charge in [-0.15, -0.1) is 0 Å². The van der Waals surface area contributed by atoms with Crippen molar-refractivity contribution in [1.82, 2.24) is 0 Å². The molecule has 0 aromatic rings. The topological polar surface area (TPSA) is 34.1 Å². The summed E-state index contributed by atoms with van der Waals surface area (Å²) in [7, 11) is 0. The predicted octanol–water partition coefficient (Wildman–Crippen LogP) is 6.70. The molecule has 0 amide bonds. The van der Waals surface area contributed by atoms with Gasteiger partial charge in [0.25, 0.3) is 0 Å². The van der Waals surface area contributed by atoms with Gasteiger partial charge in [0.2, 0.25) is 0 Å². The lowest BCUT2D eigenvalue weighted by Crippen LogP contribution is -1.92. The summed E-state index contributed by atoms with van der Waals surface area (Å²) in [5.41, 5.74) is 0. The van der Waals surface area contributed by atoms with Crippen LogP contribution >= 0.6 is 0 Å². The number of unbranched alkanes of at least 4 members (excludes halogenated alkanes) is 1. The summed E-state index contributed by atoms with van der Waals surface area (Å²) in [5, 5.41) is 0. The number of carbonyl (C=O) groups excluding carboxylic acids is 2. The maximum absolute atomic E-state index is 10.7. The van der Waals surface area contributed by atoms with Gasteiger partial charge in [0, 0.05) is 19.3 Å². The van der Waals surface area contributed by atoms with Crippen molar-refractivity contribution in [3.63, 3.8) is 0 Å². The van der Waals surface area contributed by atoms with Crippen molar-refractivity contribution >= 4 is 11.6 Å². The summed E-state index contributed by atoms with van der Waals surface area (Å²) in [4.78, 5) is 21.4. The second-order valence-corrected chi connectivity index (χ2v) is 4.07. The third-order valence-electron chi connectivity index (χ3n) is 2.35. The molecule has 0 N–H and O–H groups in total. The highest BCUT2D eigenvalue weighted by Gasteiger charge is 1.93. The first kappa shape index (κ1) is 28.9. The van der Waals surface area contributed by atoms with Crippen LogP contribution in [0.15, 0.2) is 24.3 Å². The van der Waals surface area contributed by atoms with E-state index in [1.165, 1.54) is 0 Å². The Hall–Kier alpha value is -1.18. The van der Waals surface area contributed by atoms with E-state index >= 15 is 0 Å². The van der Waals surface area contributed by atoms with Gasteiger partial charge in [-0.25, -0.2) is 0 Å². The second kappa shape index (κ2) is 32.0. The molecule has 0 saturated heterocycles.